The molecule has 1 aromatic carbocycles. The van der Waals surface area contributed by atoms with Crippen LogP contribution in [0, 0.1) is 0 Å². The van der Waals surface area contributed by atoms with Crippen LogP contribution < -0.4 is 15.6 Å². The Morgan fingerprint density at radius 1 is 1.04 bits per heavy atom. The molecule has 0 saturated carbocycles. The number of hydrogen-bond acceptors (Lipinski definition) is 5. The third kappa shape index (κ3) is 6.60. The fourth-order valence-electron chi connectivity index (χ4n) is 2.40. The Kier molecular flexibility index (Phi) is 8.64. The number of amides is 2. The van der Waals surface area contributed by atoms with E-state index in [4.69, 9.17) is 4.74 Å². The lowest BCUT2D eigenvalue weighted by Gasteiger charge is -2.10. The van der Waals surface area contributed by atoms with Gasteiger partial charge in [-0.3, -0.25) is 20.4 Å². The Morgan fingerprint density at radius 2 is 1.78 bits per heavy atom. The number of carbonyl (C=O) groups excluding carboxylic acids is 2. The van der Waals surface area contributed by atoms with Crippen LogP contribution in [-0.2, 0) is 0 Å². The van der Waals surface area contributed by atoms with Crippen LogP contribution in [0.5, 0.6) is 5.75 Å². The van der Waals surface area contributed by atoms with Gasteiger partial charge in [0.25, 0.3) is 11.8 Å². The highest BCUT2D eigenvalue weighted by Crippen LogP contribution is 2.16. The molecule has 6 nitrogen and oxygen atoms in total. The number of carbonyl (C=O) groups is 2. The van der Waals surface area contributed by atoms with Gasteiger partial charge in [0.1, 0.15) is 10.8 Å². The summed E-state index contributed by atoms with van der Waals surface area (Å²) >= 11 is 1.37. The second-order valence-corrected chi connectivity index (χ2v) is 6.70. The molecule has 0 aliphatic carbocycles. The number of hydrogen-bond donors (Lipinski definition) is 2. The zero-order valence-electron chi connectivity index (χ0n) is 15.7. The zero-order chi connectivity index (χ0) is 19.5. The summed E-state index contributed by atoms with van der Waals surface area (Å²) in [6.07, 6.45) is 8.05. The van der Waals surface area contributed by atoms with Gasteiger partial charge in [-0.05, 0) is 49.1 Å². The van der Waals surface area contributed by atoms with Crippen molar-refractivity contribution in [2.24, 2.45) is 0 Å². The number of pyridine rings is 1. The lowest BCUT2D eigenvalue weighted by molar-refractivity contribution is 0.0844. The molecule has 0 unspecified atom stereocenters. The Morgan fingerprint density at radius 3 is 2.48 bits per heavy atom. The Bertz CT molecular complexity index is 750. The van der Waals surface area contributed by atoms with Gasteiger partial charge in [-0.25, -0.2) is 4.98 Å². The van der Waals surface area contributed by atoms with Crippen LogP contribution in [0.25, 0.3) is 0 Å². The van der Waals surface area contributed by atoms with Gasteiger partial charge in [0.2, 0.25) is 0 Å². The molecule has 2 N–H and O–H groups in total. The number of thioether (sulfide) groups is 1. The van der Waals surface area contributed by atoms with E-state index in [1.54, 1.807) is 42.6 Å². The number of benzene rings is 1. The molecule has 0 aliphatic rings. The van der Waals surface area contributed by atoms with Crippen molar-refractivity contribution in [2.45, 2.75) is 37.6 Å². The molecule has 1 heterocycles. The summed E-state index contributed by atoms with van der Waals surface area (Å²) in [6.45, 7) is 2.84. The first-order chi connectivity index (χ1) is 13.2. The van der Waals surface area contributed by atoms with E-state index in [9.17, 15) is 9.59 Å². The topological polar surface area (TPSA) is 80.3 Å². The van der Waals surface area contributed by atoms with E-state index in [-0.39, 0.29) is 0 Å². The van der Waals surface area contributed by atoms with Crippen molar-refractivity contribution in [3.05, 3.63) is 53.7 Å². The summed E-state index contributed by atoms with van der Waals surface area (Å²) in [5, 5.41) is 0.602. The maximum Gasteiger partial charge on any atom is 0.272 e. The smallest absolute Gasteiger partial charge is 0.272 e. The van der Waals surface area contributed by atoms with E-state index >= 15 is 0 Å². The van der Waals surface area contributed by atoms with Crippen LogP contribution in [0.15, 0.2) is 47.6 Å². The van der Waals surface area contributed by atoms with E-state index in [2.05, 4.69) is 22.8 Å². The summed E-state index contributed by atoms with van der Waals surface area (Å²) in [6, 6.07) is 10.2. The predicted octanol–water partition coefficient (Wildman–Crippen LogP) is 3.84. The van der Waals surface area contributed by atoms with Gasteiger partial charge >= 0.3 is 0 Å². The van der Waals surface area contributed by atoms with E-state index in [0.29, 0.717) is 22.8 Å². The number of ether oxygens (including phenoxy) is 1. The fraction of sp³-hybridized carbons (Fsp3) is 0.350. The highest BCUT2D eigenvalue weighted by atomic mass is 32.2. The third-order valence-electron chi connectivity index (χ3n) is 3.88. The van der Waals surface area contributed by atoms with Gasteiger partial charge < -0.3 is 4.74 Å². The van der Waals surface area contributed by atoms with Crippen LogP contribution in [0.4, 0.5) is 0 Å². The van der Waals surface area contributed by atoms with Crippen molar-refractivity contribution >= 4 is 23.6 Å². The predicted molar refractivity (Wildman–Crippen MR) is 107 cm³/mol. The van der Waals surface area contributed by atoms with E-state index in [0.717, 1.165) is 18.6 Å². The number of unbranched alkanes of at least 4 members (excludes halogenated alkanes) is 3. The highest BCUT2D eigenvalue weighted by Gasteiger charge is 2.13. The molecule has 7 heteroatoms. The van der Waals surface area contributed by atoms with Crippen LogP contribution in [0.1, 0.15) is 53.3 Å². The number of nitrogens with zero attached hydrogens (tertiary/aromatic N) is 1. The van der Waals surface area contributed by atoms with Gasteiger partial charge in [0.15, 0.2) is 0 Å². The van der Waals surface area contributed by atoms with Crippen molar-refractivity contribution in [1.29, 1.82) is 0 Å². The molecule has 0 atom stereocenters. The quantitative estimate of drug-likeness (QED) is 0.388. The summed E-state index contributed by atoms with van der Waals surface area (Å²) in [4.78, 5) is 28.5. The maximum atomic E-state index is 12.2. The molecular formula is C20H25N3O3S. The lowest BCUT2D eigenvalue weighted by Crippen LogP contribution is -2.41. The van der Waals surface area contributed by atoms with Gasteiger partial charge in [-0.2, -0.15) is 0 Å². The summed E-state index contributed by atoms with van der Waals surface area (Å²) in [7, 11) is 0. The molecule has 2 rings (SSSR count). The summed E-state index contributed by atoms with van der Waals surface area (Å²) in [5.74, 6) is -0.0765. The second kappa shape index (κ2) is 11.2. The minimum Gasteiger partial charge on any atom is -0.494 e. The lowest BCUT2D eigenvalue weighted by atomic mass is 10.2. The number of nitrogens with one attached hydrogen (secondary N) is 2. The van der Waals surface area contributed by atoms with Gasteiger partial charge in [0.05, 0.1) is 12.2 Å². The molecule has 0 radical (unpaired) electrons. The molecule has 2 amide bonds. The molecule has 144 valence electrons. The third-order valence-corrected chi connectivity index (χ3v) is 4.59. The molecule has 0 saturated heterocycles. The van der Waals surface area contributed by atoms with Crippen LogP contribution in [0.3, 0.4) is 0 Å². The van der Waals surface area contributed by atoms with Crippen LogP contribution >= 0.6 is 11.8 Å². The number of aromatic nitrogens is 1. The SMILES string of the molecule is CCCCCCOc1ccc(C(=O)NNC(=O)c2cccnc2SC)cc1. The Balaban J connectivity index is 1.82. The highest BCUT2D eigenvalue weighted by molar-refractivity contribution is 7.98. The minimum absolute atomic E-state index is 0.396. The summed E-state index contributed by atoms with van der Waals surface area (Å²) < 4.78 is 5.66. The molecule has 0 fully saturated rings. The van der Waals surface area contributed by atoms with Crippen LogP contribution in [-0.4, -0.2) is 29.7 Å². The molecular weight excluding hydrogens is 362 g/mol. The molecule has 2 aromatic rings. The first kappa shape index (κ1) is 20.8. The van der Waals surface area contributed by atoms with Gasteiger partial charge in [-0.15, -0.1) is 11.8 Å². The van der Waals surface area contributed by atoms with E-state index in [1.165, 1.54) is 24.6 Å². The van der Waals surface area contributed by atoms with Crippen LogP contribution in [0.2, 0.25) is 0 Å². The second-order valence-electron chi connectivity index (χ2n) is 5.90. The van der Waals surface area contributed by atoms with Crippen molar-refractivity contribution in [3.63, 3.8) is 0 Å². The molecule has 0 aliphatic heterocycles. The van der Waals surface area contributed by atoms with Crippen molar-refractivity contribution < 1.29 is 14.3 Å². The van der Waals surface area contributed by atoms with Crippen molar-refractivity contribution in [2.75, 3.05) is 12.9 Å². The molecule has 0 bridgehead atoms. The van der Waals surface area contributed by atoms with Crippen molar-refractivity contribution in [3.8, 4) is 5.75 Å². The zero-order valence-corrected chi connectivity index (χ0v) is 16.5. The Hall–Kier alpha value is -2.54. The number of hydrazine groups is 1. The first-order valence-electron chi connectivity index (χ1n) is 8.98. The van der Waals surface area contributed by atoms with Gasteiger partial charge in [-0.1, -0.05) is 26.2 Å². The molecule has 27 heavy (non-hydrogen) atoms. The summed E-state index contributed by atoms with van der Waals surface area (Å²) in [5.41, 5.74) is 5.68. The monoisotopic (exact) mass is 387 g/mol. The Labute approximate surface area is 164 Å². The average molecular weight is 388 g/mol. The van der Waals surface area contributed by atoms with E-state index in [1.807, 2.05) is 6.26 Å². The fourth-order valence-corrected chi connectivity index (χ4v) is 2.95. The maximum absolute atomic E-state index is 12.2. The normalized spacial score (nSPS) is 10.3. The minimum atomic E-state index is -0.409. The van der Waals surface area contributed by atoms with E-state index < -0.39 is 11.8 Å². The first-order valence-corrected chi connectivity index (χ1v) is 10.2. The number of rotatable bonds is 9. The largest absolute Gasteiger partial charge is 0.494 e. The van der Waals surface area contributed by atoms with Gasteiger partial charge in [0, 0.05) is 11.8 Å². The average Bonchev–Trinajstić information content (AvgIpc) is 2.72. The molecule has 1 aromatic heterocycles. The standard InChI is InChI=1S/C20H25N3O3S/c1-3-4-5-6-14-26-16-11-9-15(10-12-16)18(24)22-23-19(25)17-8-7-13-21-20(17)27-2/h7-13H,3-6,14H2,1-2H3,(H,22,24)(H,23,25). The van der Waals surface area contributed by atoms with Crippen molar-refractivity contribution in [1.82, 2.24) is 15.8 Å². The molecule has 0 spiro atoms.